The van der Waals surface area contributed by atoms with Gasteiger partial charge in [-0.05, 0) is 23.5 Å². The number of nitrogens with one attached hydrogen (secondary N) is 1. The van der Waals surface area contributed by atoms with Gasteiger partial charge in [-0.25, -0.2) is 0 Å². The third kappa shape index (κ3) is 6.78. The second kappa shape index (κ2) is 9.76. The van der Waals surface area contributed by atoms with Gasteiger partial charge >= 0.3 is 0 Å². The van der Waals surface area contributed by atoms with Crippen LogP contribution in [0.25, 0.3) is 0 Å². The molecule has 2 rings (SSSR count). The zero-order valence-corrected chi connectivity index (χ0v) is 14.7. The number of benzene rings is 1. The van der Waals surface area contributed by atoms with Gasteiger partial charge in [-0.2, -0.15) is 0 Å². The van der Waals surface area contributed by atoms with Crippen molar-refractivity contribution in [2.45, 2.75) is 63.5 Å². The Hall–Kier alpha value is -1.29. The molecule has 0 radical (unpaired) electrons. The average molecular weight is 333 g/mol. The summed E-state index contributed by atoms with van der Waals surface area (Å²) in [7, 11) is 0. The molecule has 0 atom stereocenters. The molecule has 0 amide bonds. The Kier molecular flexibility index (Phi) is 7.66. The molecule has 0 bridgehead atoms. The first kappa shape index (κ1) is 18.1. The summed E-state index contributed by atoms with van der Waals surface area (Å²) in [6.07, 6.45) is 10.3. The maximum atomic E-state index is 12.3. The molecule has 1 saturated carbocycles. The third-order valence-corrected chi connectivity index (χ3v) is 5.45. The van der Waals surface area contributed by atoms with E-state index >= 15 is 0 Å². The first-order valence-corrected chi connectivity index (χ1v) is 9.69. The highest BCUT2D eigenvalue weighted by Gasteiger charge is 2.14. The summed E-state index contributed by atoms with van der Waals surface area (Å²) < 4.78 is 0. The van der Waals surface area contributed by atoms with Crippen LogP contribution < -0.4 is 5.73 Å². The van der Waals surface area contributed by atoms with Gasteiger partial charge < -0.3 is 5.73 Å². The number of hydrogen-bond acceptors (Lipinski definition) is 3. The lowest BCUT2D eigenvalue weighted by molar-refractivity contribution is -0.118. The lowest BCUT2D eigenvalue weighted by Crippen LogP contribution is -2.09. The smallest absolute Gasteiger partial charge is 0.151 e. The lowest BCUT2D eigenvalue weighted by Gasteiger charge is -2.21. The molecule has 0 saturated heterocycles. The molecule has 1 aromatic carbocycles. The van der Waals surface area contributed by atoms with Crippen molar-refractivity contribution in [3.05, 3.63) is 35.4 Å². The zero-order chi connectivity index (χ0) is 16.5. The van der Waals surface area contributed by atoms with E-state index in [0.717, 1.165) is 23.5 Å². The van der Waals surface area contributed by atoms with Crippen LogP contribution in [0.4, 0.5) is 0 Å². The van der Waals surface area contributed by atoms with Gasteiger partial charge in [0.25, 0.3) is 0 Å². The van der Waals surface area contributed by atoms with Crippen molar-refractivity contribution >= 4 is 22.7 Å². The van der Waals surface area contributed by atoms with Crippen LogP contribution in [0.15, 0.2) is 24.3 Å². The number of amidine groups is 1. The van der Waals surface area contributed by atoms with Crippen LogP contribution >= 0.6 is 11.8 Å². The SMILES string of the molecule is N=C(N)SCc1ccccc1CC(=O)CCCC1CCCCC1. The lowest BCUT2D eigenvalue weighted by atomic mass is 9.85. The van der Waals surface area contributed by atoms with Crippen molar-refractivity contribution in [2.75, 3.05) is 0 Å². The molecule has 23 heavy (non-hydrogen) atoms. The minimum atomic E-state index is 0.124. The van der Waals surface area contributed by atoms with E-state index in [9.17, 15) is 4.79 Å². The Morgan fingerprint density at radius 3 is 2.57 bits per heavy atom. The summed E-state index contributed by atoms with van der Waals surface area (Å²) in [5.41, 5.74) is 7.61. The van der Waals surface area contributed by atoms with Crippen molar-refractivity contribution < 1.29 is 4.79 Å². The standard InChI is InChI=1S/C19H28N2OS/c20-19(21)23-14-17-11-5-4-10-16(17)13-18(22)12-6-9-15-7-2-1-3-8-15/h4-5,10-11,15H,1-3,6-9,12-14H2,(H3,20,21). The molecule has 0 unspecified atom stereocenters. The van der Waals surface area contributed by atoms with E-state index in [2.05, 4.69) is 0 Å². The van der Waals surface area contributed by atoms with Crippen molar-refractivity contribution in [3.8, 4) is 0 Å². The van der Waals surface area contributed by atoms with Gasteiger partial charge in [0.05, 0.1) is 0 Å². The largest absolute Gasteiger partial charge is 0.379 e. The van der Waals surface area contributed by atoms with Crippen molar-refractivity contribution in [1.29, 1.82) is 5.41 Å². The van der Waals surface area contributed by atoms with Gasteiger partial charge in [0.15, 0.2) is 5.17 Å². The molecule has 1 aromatic rings. The van der Waals surface area contributed by atoms with E-state index in [0.29, 0.717) is 24.4 Å². The normalized spacial score (nSPS) is 15.5. The minimum Gasteiger partial charge on any atom is -0.379 e. The van der Waals surface area contributed by atoms with Crippen LogP contribution in [0.1, 0.15) is 62.5 Å². The molecule has 0 heterocycles. The highest BCUT2D eigenvalue weighted by atomic mass is 32.2. The van der Waals surface area contributed by atoms with Crippen molar-refractivity contribution in [1.82, 2.24) is 0 Å². The number of thioether (sulfide) groups is 1. The summed E-state index contributed by atoms with van der Waals surface area (Å²) in [6.45, 7) is 0. The quantitative estimate of drug-likeness (QED) is 0.537. The summed E-state index contributed by atoms with van der Waals surface area (Å²) in [4.78, 5) is 12.3. The van der Waals surface area contributed by atoms with Crippen LogP contribution in [0.2, 0.25) is 0 Å². The minimum absolute atomic E-state index is 0.124. The molecule has 3 N–H and O–H groups in total. The number of Topliss-reactive ketones (excluding diaryl/α,β-unsaturated/α-hetero) is 1. The highest BCUT2D eigenvalue weighted by molar-refractivity contribution is 8.13. The van der Waals surface area contributed by atoms with Gasteiger partial charge in [-0.1, -0.05) is 74.6 Å². The van der Waals surface area contributed by atoms with Gasteiger partial charge in [0.2, 0.25) is 0 Å². The van der Waals surface area contributed by atoms with Crippen molar-refractivity contribution in [2.24, 2.45) is 11.7 Å². The fraction of sp³-hybridized carbons (Fsp3) is 0.579. The van der Waals surface area contributed by atoms with E-state index in [1.807, 2.05) is 24.3 Å². The number of carbonyl (C=O) groups is 1. The molecule has 1 fully saturated rings. The van der Waals surface area contributed by atoms with Gasteiger partial charge in [0, 0.05) is 18.6 Å². The summed E-state index contributed by atoms with van der Waals surface area (Å²) in [6, 6.07) is 8.01. The van der Waals surface area contributed by atoms with Gasteiger partial charge in [-0.3, -0.25) is 10.2 Å². The predicted molar refractivity (Wildman–Crippen MR) is 98.8 cm³/mol. The van der Waals surface area contributed by atoms with E-state index in [-0.39, 0.29) is 5.17 Å². The molecule has 126 valence electrons. The second-order valence-corrected chi connectivity index (χ2v) is 7.55. The van der Waals surface area contributed by atoms with Crippen LogP contribution in [0, 0.1) is 11.3 Å². The fourth-order valence-corrected chi connectivity index (χ4v) is 3.98. The molecule has 3 nitrogen and oxygen atoms in total. The topological polar surface area (TPSA) is 66.9 Å². The van der Waals surface area contributed by atoms with Crippen LogP contribution in [0.5, 0.6) is 0 Å². The molecular formula is C19H28N2OS. The number of hydrogen-bond donors (Lipinski definition) is 2. The first-order valence-electron chi connectivity index (χ1n) is 8.70. The molecular weight excluding hydrogens is 304 g/mol. The molecule has 0 aromatic heterocycles. The Morgan fingerprint density at radius 1 is 1.17 bits per heavy atom. The fourth-order valence-electron chi connectivity index (χ4n) is 3.39. The Bertz CT molecular complexity index is 524. The van der Waals surface area contributed by atoms with E-state index in [4.69, 9.17) is 11.1 Å². The first-order chi connectivity index (χ1) is 11.1. The molecule has 0 spiro atoms. The van der Waals surface area contributed by atoms with Gasteiger partial charge in [-0.15, -0.1) is 0 Å². The monoisotopic (exact) mass is 332 g/mol. The predicted octanol–water partition coefficient (Wildman–Crippen LogP) is 4.68. The van der Waals surface area contributed by atoms with E-state index in [1.54, 1.807) is 0 Å². The number of nitrogens with two attached hydrogens (primary N) is 1. The molecule has 1 aliphatic carbocycles. The van der Waals surface area contributed by atoms with E-state index in [1.165, 1.54) is 50.3 Å². The summed E-state index contributed by atoms with van der Waals surface area (Å²) in [5.74, 6) is 1.86. The number of carbonyl (C=O) groups excluding carboxylic acids is 1. The molecule has 0 aliphatic heterocycles. The van der Waals surface area contributed by atoms with Crippen LogP contribution in [0.3, 0.4) is 0 Å². The highest BCUT2D eigenvalue weighted by Crippen LogP contribution is 2.28. The average Bonchev–Trinajstić information content (AvgIpc) is 2.55. The summed E-state index contributed by atoms with van der Waals surface area (Å²) in [5, 5.41) is 7.44. The maximum Gasteiger partial charge on any atom is 0.151 e. The second-order valence-electron chi connectivity index (χ2n) is 6.53. The number of ketones is 1. The number of rotatable bonds is 8. The molecule has 4 heteroatoms. The molecule has 1 aliphatic rings. The zero-order valence-electron chi connectivity index (χ0n) is 13.9. The van der Waals surface area contributed by atoms with Gasteiger partial charge in [0.1, 0.15) is 5.78 Å². The van der Waals surface area contributed by atoms with Crippen LogP contribution in [-0.2, 0) is 17.0 Å². The third-order valence-electron chi connectivity index (χ3n) is 4.68. The maximum absolute atomic E-state index is 12.3. The van der Waals surface area contributed by atoms with Crippen LogP contribution in [-0.4, -0.2) is 11.0 Å². The Labute approximate surface area is 143 Å². The van der Waals surface area contributed by atoms with E-state index < -0.39 is 0 Å². The Morgan fingerprint density at radius 2 is 1.87 bits per heavy atom. The summed E-state index contributed by atoms with van der Waals surface area (Å²) >= 11 is 1.31. The van der Waals surface area contributed by atoms with Crippen molar-refractivity contribution in [3.63, 3.8) is 0 Å². The Balaban J connectivity index is 1.76.